The second-order valence-corrected chi connectivity index (χ2v) is 6.64. The fourth-order valence-corrected chi connectivity index (χ4v) is 3.66. The van der Waals surface area contributed by atoms with Crippen LogP contribution in [0.1, 0.15) is 41.4 Å². The fraction of sp³-hybridized carbons (Fsp3) is 0.368. The average molecular weight is 342 g/mol. The van der Waals surface area contributed by atoms with E-state index in [-0.39, 0.29) is 5.57 Å². The molecule has 6 nitrogen and oxygen atoms in total. The Hall–Kier alpha value is -2.60. The van der Waals surface area contributed by atoms with Crippen molar-refractivity contribution in [3.63, 3.8) is 0 Å². The van der Waals surface area contributed by atoms with Crippen LogP contribution in [0.4, 0.5) is 0 Å². The molecule has 1 fully saturated rings. The summed E-state index contributed by atoms with van der Waals surface area (Å²) in [4.78, 5) is 23.6. The largest absolute Gasteiger partial charge is 0.458 e. The Balaban J connectivity index is 1.65. The summed E-state index contributed by atoms with van der Waals surface area (Å²) in [6.45, 7) is 5.57. The van der Waals surface area contributed by atoms with Gasteiger partial charge in [-0.25, -0.2) is 9.59 Å². The Bertz CT molecular complexity index is 850. The molecule has 6 heteroatoms. The molecule has 25 heavy (non-hydrogen) atoms. The summed E-state index contributed by atoms with van der Waals surface area (Å²) in [5.41, 5.74) is 4.45. The van der Waals surface area contributed by atoms with Crippen LogP contribution in [0.3, 0.4) is 0 Å². The highest BCUT2D eigenvalue weighted by Crippen LogP contribution is 2.54. The van der Waals surface area contributed by atoms with Crippen LogP contribution in [0.2, 0.25) is 0 Å². The number of benzene rings is 1. The van der Waals surface area contributed by atoms with E-state index in [0.717, 1.165) is 22.3 Å². The number of hydrogen-bond acceptors (Lipinski definition) is 6. The van der Waals surface area contributed by atoms with Crippen molar-refractivity contribution in [2.45, 2.75) is 39.3 Å². The molecule has 1 saturated heterocycles. The first-order valence-electron chi connectivity index (χ1n) is 8.12. The van der Waals surface area contributed by atoms with E-state index in [0.29, 0.717) is 5.57 Å². The van der Waals surface area contributed by atoms with E-state index in [1.54, 1.807) is 6.92 Å². The van der Waals surface area contributed by atoms with Gasteiger partial charge in [-0.1, -0.05) is 12.1 Å². The monoisotopic (exact) mass is 342 g/mol. The third-order valence-corrected chi connectivity index (χ3v) is 5.18. The molecule has 1 aromatic rings. The standard InChI is InChI=1S/C19H18O6/c1-8-4-5-11-14(10(8)3)17-15(16(11)20)12(19(22)25-17)7-23-13-6-9(2)18(21)24-13/h4-7,13,15-17,20H,1-3H3/b12-7-/t13?,15-,16+,17+/m0/s1. The molecule has 0 aromatic heterocycles. The first kappa shape index (κ1) is 15.9. The zero-order valence-electron chi connectivity index (χ0n) is 14.1. The van der Waals surface area contributed by atoms with E-state index >= 15 is 0 Å². The van der Waals surface area contributed by atoms with Crippen LogP contribution in [-0.4, -0.2) is 23.3 Å². The molecule has 0 radical (unpaired) electrons. The number of aliphatic hydroxyl groups is 1. The predicted molar refractivity (Wildman–Crippen MR) is 86.0 cm³/mol. The van der Waals surface area contributed by atoms with Gasteiger partial charge in [0.2, 0.25) is 0 Å². The summed E-state index contributed by atoms with van der Waals surface area (Å²) in [6.07, 6.45) is 0.554. The van der Waals surface area contributed by atoms with Crippen molar-refractivity contribution in [3.8, 4) is 0 Å². The van der Waals surface area contributed by atoms with Gasteiger partial charge in [0.1, 0.15) is 6.10 Å². The Labute approximate surface area is 144 Å². The van der Waals surface area contributed by atoms with Crippen LogP contribution < -0.4 is 0 Å². The van der Waals surface area contributed by atoms with Gasteiger partial charge < -0.3 is 19.3 Å². The highest BCUT2D eigenvalue weighted by Gasteiger charge is 2.52. The second-order valence-electron chi connectivity index (χ2n) is 6.64. The zero-order chi connectivity index (χ0) is 17.9. The lowest BCUT2D eigenvalue weighted by Crippen LogP contribution is -2.14. The van der Waals surface area contributed by atoms with E-state index in [4.69, 9.17) is 14.2 Å². The molecule has 4 atom stereocenters. The van der Waals surface area contributed by atoms with E-state index < -0.39 is 36.4 Å². The third-order valence-electron chi connectivity index (χ3n) is 5.18. The van der Waals surface area contributed by atoms with E-state index in [1.807, 2.05) is 26.0 Å². The maximum absolute atomic E-state index is 12.3. The van der Waals surface area contributed by atoms with Gasteiger partial charge in [0.05, 0.1) is 23.9 Å². The molecule has 3 aliphatic rings. The molecular weight excluding hydrogens is 324 g/mol. The van der Waals surface area contributed by atoms with Crippen molar-refractivity contribution in [1.82, 2.24) is 0 Å². The van der Waals surface area contributed by atoms with Gasteiger partial charge in [0.15, 0.2) is 0 Å². The van der Waals surface area contributed by atoms with Crippen LogP contribution in [0.15, 0.2) is 35.6 Å². The smallest absolute Gasteiger partial charge is 0.338 e. The second kappa shape index (κ2) is 5.46. The van der Waals surface area contributed by atoms with E-state index in [2.05, 4.69) is 0 Å². The average Bonchev–Trinajstić information content (AvgIpc) is 3.15. The van der Waals surface area contributed by atoms with Crippen molar-refractivity contribution in [1.29, 1.82) is 0 Å². The highest BCUT2D eigenvalue weighted by atomic mass is 16.7. The number of esters is 2. The van der Waals surface area contributed by atoms with Gasteiger partial charge in [0.25, 0.3) is 6.29 Å². The fourth-order valence-electron chi connectivity index (χ4n) is 3.66. The molecule has 0 bridgehead atoms. The summed E-state index contributed by atoms with van der Waals surface area (Å²) in [6, 6.07) is 3.82. The van der Waals surface area contributed by atoms with Crippen molar-refractivity contribution in [2.24, 2.45) is 5.92 Å². The molecule has 1 aliphatic carbocycles. The molecule has 4 rings (SSSR count). The summed E-state index contributed by atoms with van der Waals surface area (Å²) in [5.74, 6) is -1.49. The summed E-state index contributed by atoms with van der Waals surface area (Å²) in [5, 5.41) is 10.7. The Kier molecular flexibility index (Phi) is 3.47. The number of carbonyl (C=O) groups is 2. The molecule has 1 N–H and O–H groups in total. The normalized spacial score (nSPS) is 31.5. The van der Waals surface area contributed by atoms with Crippen LogP contribution in [0.25, 0.3) is 0 Å². The zero-order valence-corrected chi connectivity index (χ0v) is 14.1. The lowest BCUT2D eigenvalue weighted by molar-refractivity contribution is -0.152. The van der Waals surface area contributed by atoms with Crippen molar-refractivity contribution < 1.29 is 28.9 Å². The Morgan fingerprint density at radius 3 is 2.56 bits per heavy atom. The molecular formula is C19H18O6. The number of rotatable bonds is 2. The van der Waals surface area contributed by atoms with Gasteiger partial charge in [-0.3, -0.25) is 0 Å². The number of aliphatic hydroxyl groups excluding tert-OH is 1. The molecule has 2 heterocycles. The van der Waals surface area contributed by atoms with Gasteiger partial charge in [-0.15, -0.1) is 0 Å². The van der Waals surface area contributed by atoms with Crippen LogP contribution >= 0.6 is 0 Å². The minimum atomic E-state index is -0.864. The minimum Gasteiger partial charge on any atom is -0.458 e. The van der Waals surface area contributed by atoms with Gasteiger partial charge in [-0.2, -0.15) is 0 Å². The van der Waals surface area contributed by atoms with Crippen LogP contribution in [0.5, 0.6) is 0 Å². The highest BCUT2D eigenvalue weighted by molar-refractivity contribution is 5.92. The SMILES string of the molecule is CC1=CC(O/C=C2\C(=O)O[C@@H]3c4c(ccc(C)c4C)[C@@H](O)[C@H]23)OC1=O. The maximum atomic E-state index is 12.3. The van der Waals surface area contributed by atoms with Crippen LogP contribution in [0, 0.1) is 19.8 Å². The van der Waals surface area contributed by atoms with Gasteiger partial charge >= 0.3 is 11.9 Å². The predicted octanol–water partition coefficient (Wildman–Crippen LogP) is 2.29. The first-order chi connectivity index (χ1) is 11.9. The molecule has 0 saturated carbocycles. The summed E-state index contributed by atoms with van der Waals surface area (Å²) >= 11 is 0. The lowest BCUT2D eigenvalue weighted by atomic mass is 9.95. The molecule has 130 valence electrons. The molecule has 0 spiro atoms. The Morgan fingerprint density at radius 1 is 1.12 bits per heavy atom. The summed E-state index contributed by atoms with van der Waals surface area (Å²) in [7, 11) is 0. The minimum absolute atomic E-state index is 0.250. The molecule has 0 amide bonds. The maximum Gasteiger partial charge on any atom is 0.338 e. The van der Waals surface area contributed by atoms with E-state index in [9.17, 15) is 14.7 Å². The lowest BCUT2D eigenvalue weighted by Gasteiger charge is -2.13. The number of ether oxygens (including phenoxy) is 3. The number of carbonyl (C=O) groups excluding carboxylic acids is 2. The molecule has 1 unspecified atom stereocenters. The molecule has 2 aliphatic heterocycles. The van der Waals surface area contributed by atoms with Crippen molar-refractivity contribution in [3.05, 3.63) is 57.9 Å². The quantitative estimate of drug-likeness (QED) is 0.504. The number of aryl methyl sites for hydroxylation is 1. The third kappa shape index (κ3) is 2.28. The number of cyclic esters (lactones) is 1. The molecule has 1 aromatic carbocycles. The first-order valence-corrected chi connectivity index (χ1v) is 8.12. The van der Waals surface area contributed by atoms with Crippen molar-refractivity contribution >= 4 is 11.9 Å². The Morgan fingerprint density at radius 2 is 1.88 bits per heavy atom. The number of fused-ring (bicyclic) bond motifs is 3. The van der Waals surface area contributed by atoms with Gasteiger partial charge in [-0.05, 0) is 37.5 Å². The summed E-state index contributed by atoms with van der Waals surface area (Å²) < 4.78 is 15.9. The number of hydrogen-bond donors (Lipinski definition) is 1. The van der Waals surface area contributed by atoms with Crippen LogP contribution in [-0.2, 0) is 23.8 Å². The topological polar surface area (TPSA) is 82.1 Å². The van der Waals surface area contributed by atoms with E-state index in [1.165, 1.54) is 12.3 Å². The van der Waals surface area contributed by atoms with Crippen molar-refractivity contribution in [2.75, 3.05) is 0 Å². The van der Waals surface area contributed by atoms with Gasteiger partial charge in [0, 0.05) is 17.2 Å².